The van der Waals surface area contributed by atoms with Gasteiger partial charge in [0.15, 0.2) is 0 Å². The highest BCUT2D eigenvalue weighted by Gasteiger charge is 2.33. The second-order valence-corrected chi connectivity index (χ2v) is 5.21. The number of nitrogens with zero attached hydrogens (tertiary/aromatic N) is 3. The first-order valence-electron chi connectivity index (χ1n) is 6.61. The number of rotatable bonds is 3. The molecule has 1 fully saturated rings. The first-order valence-corrected chi connectivity index (χ1v) is 6.61. The van der Waals surface area contributed by atoms with E-state index in [0.29, 0.717) is 12.5 Å². The number of halogens is 3. The van der Waals surface area contributed by atoms with Crippen molar-refractivity contribution >= 4 is 5.82 Å². The van der Waals surface area contributed by atoms with E-state index in [1.54, 1.807) is 11.9 Å². The Kier molecular flexibility index (Phi) is 4.17. The third kappa shape index (κ3) is 3.21. The standard InChI is InChI=1S/C14H16F3N3/c1-20(9-10-4-2-3-5-10)13-11(8-18)6-7-12(19-13)14(15,16)17/h6-7,10H,2-5,9H2,1H3. The lowest BCUT2D eigenvalue weighted by Crippen LogP contribution is -2.26. The molecule has 20 heavy (non-hydrogen) atoms. The maximum atomic E-state index is 12.7. The van der Waals surface area contributed by atoms with Crippen molar-refractivity contribution in [3.63, 3.8) is 0 Å². The van der Waals surface area contributed by atoms with Crippen LogP contribution in [0.15, 0.2) is 12.1 Å². The van der Waals surface area contributed by atoms with Crippen molar-refractivity contribution < 1.29 is 13.2 Å². The molecule has 1 saturated carbocycles. The van der Waals surface area contributed by atoms with Crippen LogP contribution in [-0.2, 0) is 6.18 Å². The lowest BCUT2D eigenvalue weighted by molar-refractivity contribution is -0.141. The normalized spacial score (nSPS) is 16.1. The van der Waals surface area contributed by atoms with E-state index < -0.39 is 11.9 Å². The molecule has 2 rings (SSSR count). The van der Waals surface area contributed by atoms with Crippen LogP contribution in [0, 0.1) is 17.2 Å². The molecule has 3 nitrogen and oxygen atoms in total. The summed E-state index contributed by atoms with van der Waals surface area (Å²) in [5.41, 5.74) is -0.775. The second kappa shape index (κ2) is 5.70. The van der Waals surface area contributed by atoms with Crippen molar-refractivity contribution in [2.75, 3.05) is 18.5 Å². The predicted molar refractivity (Wildman–Crippen MR) is 69.2 cm³/mol. The lowest BCUT2D eigenvalue weighted by Gasteiger charge is -2.23. The van der Waals surface area contributed by atoms with Crippen LogP contribution in [0.5, 0.6) is 0 Å². The van der Waals surface area contributed by atoms with Crippen LogP contribution in [0.2, 0.25) is 0 Å². The summed E-state index contributed by atoms with van der Waals surface area (Å²) >= 11 is 0. The largest absolute Gasteiger partial charge is 0.433 e. The average Bonchev–Trinajstić information content (AvgIpc) is 2.89. The predicted octanol–water partition coefficient (Wildman–Crippen LogP) is 3.60. The van der Waals surface area contributed by atoms with Gasteiger partial charge >= 0.3 is 6.18 Å². The SMILES string of the molecule is CN(CC1CCCC1)c1nc(C(F)(F)F)ccc1C#N. The highest BCUT2D eigenvalue weighted by Crippen LogP contribution is 2.31. The van der Waals surface area contributed by atoms with Crippen molar-refractivity contribution in [3.05, 3.63) is 23.4 Å². The smallest absolute Gasteiger partial charge is 0.358 e. The average molecular weight is 283 g/mol. The summed E-state index contributed by atoms with van der Waals surface area (Å²) in [6, 6.07) is 3.95. The molecule has 1 heterocycles. The van der Waals surface area contributed by atoms with Gasteiger partial charge in [-0.2, -0.15) is 18.4 Å². The minimum atomic E-state index is -4.49. The maximum Gasteiger partial charge on any atom is 0.433 e. The second-order valence-electron chi connectivity index (χ2n) is 5.21. The number of hydrogen-bond donors (Lipinski definition) is 0. The van der Waals surface area contributed by atoms with E-state index in [1.165, 1.54) is 18.9 Å². The number of nitriles is 1. The Labute approximate surface area is 116 Å². The zero-order valence-corrected chi connectivity index (χ0v) is 11.2. The zero-order chi connectivity index (χ0) is 14.8. The number of aromatic nitrogens is 1. The van der Waals surface area contributed by atoms with Crippen LogP contribution >= 0.6 is 0 Å². The summed E-state index contributed by atoms with van der Waals surface area (Å²) in [7, 11) is 1.70. The Hall–Kier alpha value is -1.77. The Morgan fingerprint density at radius 2 is 2.00 bits per heavy atom. The van der Waals surface area contributed by atoms with Gasteiger partial charge in [0.05, 0.1) is 5.56 Å². The molecule has 1 aliphatic carbocycles. The Morgan fingerprint density at radius 1 is 1.35 bits per heavy atom. The van der Waals surface area contributed by atoms with E-state index in [4.69, 9.17) is 5.26 Å². The van der Waals surface area contributed by atoms with E-state index in [-0.39, 0.29) is 11.4 Å². The van der Waals surface area contributed by atoms with Gasteiger partial charge in [0.25, 0.3) is 0 Å². The monoisotopic (exact) mass is 283 g/mol. The fourth-order valence-corrected chi connectivity index (χ4v) is 2.65. The summed E-state index contributed by atoms with van der Waals surface area (Å²) < 4.78 is 38.1. The molecule has 1 aliphatic rings. The minimum Gasteiger partial charge on any atom is -0.358 e. The van der Waals surface area contributed by atoms with Gasteiger partial charge in [-0.3, -0.25) is 0 Å². The van der Waals surface area contributed by atoms with Crippen molar-refractivity contribution in [1.29, 1.82) is 5.26 Å². The molecular weight excluding hydrogens is 267 g/mol. The van der Waals surface area contributed by atoms with Gasteiger partial charge in [-0.05, 0) is 30.9 Å². The molecule has 108 valence electrons. The number of alkyl halides is 3. The van der Waals surface area contributed by atoms with Crippen molar-refractivity contribution in [1.82, 2.24) is 4.98 Å². The number of anilines is 1. The van der Waals surface area contributed by atoms with Crippen LogP contribution < -0.4 is 4.90 Å². The van der Waals surface area contributed by atoms with Gasteiger partial charge in [-0.15, -0.1) is 0 Å². The molecule has 0 N–H and O–H groups in total. The molecule has 0 bridgehead atoms. The van der Waals surface area contributed by atoms with Gasteiger partial charge in [0.2, 0.25) is 0 Å². The molecule has 0 amide bonds. The first-order chi connectivity index (χ1) is 9.41. The molecule has 0 aliphatic heterocycles. The molecule has 1 aromatic heterocycles. The van der Waals surface area contributed by atoms with E-state index in [1.807, 2.05) is 6.07 Å². The molecule has 6 heteroatoms. The van der Waals surface area contributed by atoms with Gasteiger partial charge in [0.1, 0.15) is 17.6 Å². The summed E-state index contributed by atoms with van der Waals surface area (Å²) in [6.07, 6.45) is 0.0204. The van der Waals surface area contributed by atoms with E-state index >= 15 is 0 Å². The van der Waals surface area contributed by atoms with E-state index in [9.17, 15) is 13.2 Å². The van der Waals surface area contributed by atoms with Gasteiger partial charge in [-0.1, -0.05) is 12.8 Å². The van der Waals surface area contributed by atoms with Crippen LogP contribution in [0.1, 0.15) is 36.9 Å². The summed E-state index contributed by atoms with van der Waals surface area (Å²) in [5, 5.41) is 9.02. The minimum absolute atomic E-state index is 0.120. The molecule has 0 atom stereocenters. The van der Waals surface area contributed by atoms with E-state index in [0.717, 1.165) is 18.9 Å². The number of pyridine rings is 1. The molecule has 0 spiro atoms. The van der Waals surface area contributed by atoms with Crippen LogP contribution in [0.4, 0.5) is 19.0 Å². The van der Waals surface area contributed by atoms with Gasteiger partial charge in [0, 0.05) is 13.6 Å². The van der Waals surface area contributed by atoms with Crippen molar-refractivity contribution in [3.8, 4) is 6.07 Å². The van der Waals surface area contributed by atoms with Crippen LogP contribution in [-0.4, -0.2) is 18.6 Å². The third-order valence-corrected chi connectivity index (χ3v) is 3.65. The molecular formula is C14H16F3N3. The fourth-order valence-electron chi connectivity index (χ4n) is 2.65. The van der Waals surface area contributed by atoms with Gasteiger partial charge in [-0.25, -0.2) is 4.98 Å². The Bertz CT molecular complexity index is 513. The third-order valence-electron chi connectivity index (χ3n) is 3.65. The highest BCUT2D eigenvalue weighted by atomic mass is 19.4. The van der Waals surface area contributed by atoms with E-state index in [2.05, 4.69) is 4.98 Å². The molecule has 0 aromatic carbocycles. The number of hydrogen-bond acceptors (Lipinski definition) is 3. The molecule has 0 unspecified atom stereocenters. The summed E-state index contributed by atoms with van der Waals surface area (Å²) in [4.78, 5) is 5.31. The van der Waals surface area contributed by atoms with Crippen molar-refractivity contribution in [2.24, 2.45) is 5.92 Å². The topological polar surface area (TPSA) is 39.9 Å². The van der Waals surface area contributed by atoms with Crippen LogP contribution in [0.3, 0.4) is 0 Å². The summed E-state index contributed by atoms with van der Waals surface area (Å²) in [5.74, 6) is 0.595. The fraction of sp³-hybridized carbons (Fsp3) is 0.571. The summed E-state index contributed by atoms with van der Waals surface area (Å²) in [6.45, 7) is 0.642. The lowest BCUT2D eigenvalue weighted by atomic mass is 10.1. The molecule has 1 aromatic rings. The molecule has 0 radical (unpaired) electrons. The van der Waals surface area contributed by atoms with Gasteiger partial charge < -0.3 is 4.90 Å². The Morgan fingerprint density at radius 3 is 2.55 bits per heavy atom. The maximum absolute atomic E-state index is 12.7. The first kappa shape index (κ1) is 14.6. The quantitative estimate of drug-likeness (QED) is 0.851. The van der Waals surface area contributed by atoms with Crippen molar-refractivity contribution in [2.45, 2.75) is 31.9 Å². The zero-order valence-electron chi connectivity index (χ0n) is 11.2. The van der Waals surface area contributed by atoms with Crippen LogP contribution in [0.25, 0.3) is 0 Å². The Balaban J connectivity index is 2.25. The molecule has 0 saturated heterocycles. The highest BCUT2D eigenvalue weighted by molar-refractivity contribution is 5.54.